The molecule has 1 aliphatic rings. The summed E-state index contributed by atoms with van der Waals surface area (Å²) in [5.41, 5.74) is 2.27. The van der Waals surface area contributed by atoms with Gasteiger partial charge in [0.15, 0.2) is 5.69 Å². The molecule has 12 heteroatoms. The number of rotatable bonds is 8. The molecule has 1 unspecified atom stereocenters. The van der Waals surface area contributed by atoms with Crippen LogP contribution in [0.5, 0.6) is 0 Å². The van der Waals surface area contributed by atoms with Crippen molar-refractivity contribution in [2.45, 2.75) is 72.6 Å². The van der Waals surface area contributed by atoms with Crippen molar-refractivity contribution in [1.82, 2.24) is 19.6 Å². The molecule has 1 aliphatic carbocycles. The highest BCUT2D eigenvalue weighted by Crippen LogP contribution is 2.39. The smallest absolute Gasteiger partial charge is 0.341 e. The molecule has 1 amide bonds. The van der Waals surface area contributed by atoms with Crippen molar-refractivity contribution in [3.63, 3.8) is 0 Å². The zero-order chi connectivity index (χ0) is 25.3. The van der Waals surface area contributed by atoms with Crippen LogP contribution in [0, 0.1) is 24.0 Å². The Morgan fingerprint density at radius 1 is 1.29 bits per heavy atom. The Bertz CT molecular complexity index is 1290. The monoisotopic (exact) mass is 500 g/mol. The molecule has 0 radical (unpaired) electrons. The van der Waals surface area contributed by atoms with E-state index in [1.165, 1.54) is 20.7 Å². The number of aryl methyl sites for hydroxylation is 2. The highest BCUT2D eigenvalue weighted by atomic mass is 32.1. The third-order valence-corrected chi connectivity index (χ3v) is 7.37. The van der Waals surface area contributed by atoms with Gasteiger partial charge in [-0.15, -0.1) is 11.3 Å². The van der Waals surface area contributed by atoms with E-state index in [-0.39, 0.29) is 24.2 Å². The third-order valence-electron chi connectivity index (χ3n) is 6.16. The summed E-state index contributed by atoms with van der Waals surface area (Å²) in [6.45, 7) is 7.11. The van der Waals surface area contributed by atoms with E-state index in [2.05, 4.69) is 15.5 Å². The minimum Gasteiger partial charge on any atom is -0.459 e. The number of fused-ring (bicyclic) bond motifs is 1. The van der Waals surface area contributed by atoms with Gasteiger partial charge < -0.3 is 10.1 Å². The quantitative estimate of drug-likeness (QED) is 0.277. The van der Waals surface area contributed by atoms with Gasteiger partial charge in [0.05, 0.1) is 16.6 Å². The number of nitrogens with one attached hydrogen (secondary N) is 1. The van der Waals surface area contributed by atoms with Crippen LogP contribution >= 0.6 is 11.3 Å². The molecule has 0 bridgehead atoms. The van der Waals surface area contributed by atoms with Crippen LogP contribution in [-0.2, 0) is 24.2 Å². The summed E-state index contributed by atoms with van der Waals surface area (Å²) < 4.78 is 8.54. The lowest BCUT2D eigenvalue weighted by molar-refractivity contribution is -0.386. The van der Waals surface area contributed by atoms with E-state index in [9.17, 15) is 19.7 Å². The number of amides is 1. The molecule has 1 atom stereocenters. The van der Waals surface area contributed by atoms with E-state index in [1.54, 1.807) is 26.1 Å². The first kappa shape index (κ1) is 24.6. The SMILES string of the molecule is CCC(C)OC(=O)c1c(NC(=O)c2ccn(Cn3nc(C)c([N+](=O)[O-])c3C)n2)sc2c1CCCC2. The predicted molar refractivity (Wildman–Crippen MR) is 130 cm³/mol. The molecule has 0 saturated carbocycles. The van der Waals surface area contributed by atoms with Crippen molar-refractivity contribution in [2.24, 2.45) is 0 Å². The number of carbonyl (C=O) groups excluding carboxylic acids is 2. The van der Waals surface area contributed by atoms with Crippen molar-refractivity contribution < 1.29 is 19.2 Å². The zero-order valence-electron chi connectivity index (χ0n) is 20.2. The molecule has 186 valence electrons. The fraction of sp³-hybridized carbons (Fsp3) is 0.478. The topological polar surface area (TPSA) is 134 Å². The summed E-state index contributed by atoms with van der Waals surface area (Å²) in [4.78, 5) is 37.9. The molecule has 3 aromatic heterocycles. The summed E-state index contributed by atoms with van der Waals surface area (Å²) in [6.07, 6.45) is 5.81. The molecular formula is C23H28N6O5S. The first-order chi connectivity index (χ1) is 16.7. The molecule has 0 saturated heterocycles. The fourth-order valence-electron chi connectivity index (χ4n) is 4.15. The maximum absolute atomic E-state index is 13.0. The maximum Gasteiger partial charge on any atom is 0.341 e. The maximum atomic E-state index is 13.0. The van der Waals surface area contributed by atoms with E-state index in [0.29, 0.717) is 28.4 Å². The largest absolute Gasteiger partial charge is 0.459 e. The minimum absolute atomic E-state index is 0.0337. The summed E-state index contributed by atoms with van der Waals surface area (Å²) in [7, 11) is 0. The number of ether oxygens (including phenoxy) is 1. The van der Waals surface area contributed by atoms with E-state index in [0.717, 1.165) is 36.1 Å². The Balaban J connectivity index is 1.54. The van der Waals surface area contributed by atoms with Crippen molar-refractivity contribution in [3.05, 3.63) is 55.5 Å². The second-order valence-corrected chi connectivity index (χ2v) is 9.76. The first-order valence-corrected chi connectivity index (χ1v) is 12.4. The normalized spacial score (nSPS) is 13.8. The van der Waals surface area contributed by atoms with Gasteiger partial charge in [0.1, 0.15) is 23.1 Å². The lowest BCUT2D eigenvalue weighted by Gasteiger charge is -2.15. The van der Waals surface area contributed by atoms with E-state index < -0.39 is 16.8 Å². The number of nitro groups is 1. The highest BCUT2D eigenvalue weighted by molar-refractivity contribution is 7.17. The number of nitrogens with zero attached hydrogens (tertiary/aromatic N) is 5. The van der Waals surface area contributed by atoms with Gasteiger partial charge in [0.25, 0.3) is 5.91 Å². The minimum atomic E-state index is -0.458. The molecule has 35 heavy (non-hydrogen) atoms. The Morgan fingerprint density at radius 2 is 2.03 bits per heavy atom. The number of hydrogen-bond acceptors (Lipinski definition) is 8. The first-order valence-electron chi connectivity index (χ1n) is 11.6. The average Bonchev–Trinajstić information content (AvgIpc) is 3.49. The van der Waals surface area contributed by atoms with Crippen LogP contribution in [0.15, 0.2) is 12.3 Å². The van der Waals surface area contributed by atoms with Crippen LogP contribution in [0.1, 0.15) is 75.8 Å². The van der Waals surface area contributed by atoms with Gasteiger partial charge in [-0.05, 0) is 64.5 Å². The highest BCUT2D eigenvalue weighted by Gasteiger charge is 2.29. The summed E-state index contributed by atoms with van der Waals surface area (Å²) in [5, 5.41) is 23.1. The lowest BCUT2D eigenvalue weighted by Crippen LogP contribution is -2.19. The Labute approximate surface area is 206 Å². The molecule has 1 N–H and O–H groups in total. The summed E-state index contributed by atoms with van der Waals surface area (Å²) >= 11 is 1.42. The Morgan fingerprint density at radius 3 is 2.71 bits per heavy atom. The molecule has 4 rings (SSSR count). The number of esters is 1. The number of aromatic nitrogens is 4. The van der Waals surface area contributed by atoms with Gasteiger partial charge in [-0.3, -0.25) is 19.6 Å². The second-order valence-electron chi connectivity index (χ2n) is 8.65. The molecule has 0 aromatic carbocycles. The third kappa shape index (κ3) is 4.97. The number of carbonyl (C=O) groups is 2. The fourth-order valence-corrected chi connectivity index (χ4v) is 5.42. The van der Waals surface area contributed by atoms with E-state index in [4.69, 9.17) is 4.74 Å². The second kappa shape index (κ2) is 9.98. The van der Waals surface area contributed by atoms with Gasteiger partial charge >= 0.3 is 11.7 Å². The van der Waals surface area contributed by atoms with Crippen molar-refractivity contribution >= 4 is 33.9 Å². The van der Waals surface area contributed by atoms with Crippen molar-refractivity contribution in [1.29, 1.82) is 0 Å². The average molecular weight is 501 g/mol. The standard InChI is InChI=1S/C23H28N6O5S/c1-5-13(2)34-23(31)19-16-8-6-7-9-18(16)35-22(19)24-21(30)17-10-11-27(26-17)12-28-15(4)20(29(32)33)14(3)25-28/h10-11,13H,5-9,12H2,1-4H3,(H,24,30). The lowest BCUT2D eigenvalue weighted by atomic mass is 9.95. The number of thiophene rings is 1. The predicted octanol–water partition coefficient (Wildman–Crippen LogP) is 4.26. The molecule has 3 heterocycles. The van der Waals surface area contributed by atoms with Crippen LogP contribution in [0.2, 0.25) is 0 Å². The van der Waals surface area contributed by atoms with Crippen LogP contribution in [0.3, 0.4) is 0 Å². The van der Waals surface area contributed by atoms with Gasteiger partial charge in [0, 0.05) is 11.1 Å². The van der Waals surface area contributed by atoms with E-state index >= 15 is 0 Å². The number of hydrogen-bond donors (Lipinski definition) is 1. The van der Waals surface area contributed by atoms with Crippen molar-refractivity contribution in [2.75, 3.05) is 5.32 Å². The van der Waals surface area contributed by atoms with Crippen LogP contribution < -0.4 is 5.32 Å². The van der Waals surface area contributed by atoms with Gasteiger partial charge in [-0.2, -0.15) is 10.2 Å². The van der Waals surface area contributed by atoms with Gasteiger partial charge in [-0.25, -0.2) is 9.48 Å². The zero-order valence-corrected chi connectivity index (χ0v) is 21.0. The summed E-state index contributed by atoms with van der Waals surface area (Å²) in [5.74, 6) is -0.856. The van der Waals surface area contributed by atoms with Crippen LogP contribution in [0.25, 0.3) is 0 Å². The molecule has 0 fully saturated rings. The van der Waals surface area contributed by atoms with Gasteiger partial charge in [0.2, 0.25) is 0 Å². The molecule has 3 aromatic rings. The Hall–Kier alpha value is -3.54. The Kier molecular flexibility index (Phi) is 7.01. The molecule has 0 aliphatic heterocycles. The number of anilines is 1. The van der Waals surface area contributed by atoms with Crippen LogP contribution in [-0.4, -0.2) is 42.5 Å². The molecule has 11 nitrogen and oxygen atoms in total. The van der Waals surface area contributed by atoms with Gasteiger partial charge in [-0.1, -0.05) is 6.92 Å². The van der Waals surface area contributed by atoms with E-state index in [1.807, 2.05) is 13.8 Å². The molecule has 0 spiro atoms. The summed E-state index contributed by atoms with van der Waals surface area (Å²) in [6, 6.07) is 1.56. The van der Waals surface area contributed by atoms with Crippen LogP contribution in [0.4, 0.5) is 10.7 Å². The van der Waals surface area contributed by atoms with Crippen molar-refractivity contribution in [3.8, 4) is 0 Å². The molecular weight excluding hydrogens is 472 g/mol.